The fraction of sp³-hybridized carbons (Fsp3) is 0.122. The van der Waals surface area contributed by atoms with Crippen LogP contribution in [-0.2, 0) is 5.60 Å². The number of fused-ring (bicyclic) bond motifs is 12. The second-order valence-corrected chi connectivity index (χ2v) is 12.7. The van der Waals surface area contributed by atoms with Gasteiger partial charge in [-0.2, -0.15) is 0 Å². The lowest BCUT2D eigenvalue weighted by molar-refractivity contribution is -0.0174. The van der Waals surface area contributed by atoms with E-state index in [1.165, 1.54) is 10.8 Å². The van der Waals surface area contributed by atoms with Gasteiger partial charge in [0.25, 0.3) is 0 Å². The van der Waals surface area contributed by atoms with Gasteiger partial charge in [-0.3, -0.25) is 9.38 Å². The summed E-state index contributed by atoms with van der Waals surface area (Å²) in [5.41, 5.74) is 6.76. The predicted molar refractivity (Wildman–Crippen MR) is 183 cm³/mol. The second kappa shape index (κ2) is 9.10. The number of aliphatic hydroxyl groups is 1. The number of nitrogens with zero attached hydrogens (tertiary/aromatic N) is 3. The van der Waals surface area contributed by atoms with Crippen LogP contribution < -0.4 is 0 Å². The molecule has 1 N–H and O–H groups in total. The highest BCUT2D eigenvalue weighted by atomic mass is 16.3. The molecule has 0 aliphatic heterocycles. The number of aromatic nitrogens is 3. The average Bonchev–Trinajstić information content (AvgIpc) is 3.63. The van der Waals surface area contributed by atoms with Crippen molar-refractivity contribution in [3.63, 3.8) is 0 Å². The van der Waals surface area contributed by atoms with Crippen LogP contribution in [0.25, 0.3) is 60.4 Å². The number of para-hydroxylation sites is 1. The van der Waals surface area contributed by atoms with E-state index in [1.54, 1.807) is 0 Å². The van der Waals surface area contributed by atoms with Crippen molar-refractivity contribution in [3.8, 4) is 11.1 Å². The molecule has 3 aliphatic rings. The third kappa shape index (κ3) is 3.29. The van der Waals surface area contributed by atoms with Crippen molar-refractivity contribution < 1.29 is 5.11 Å². The lowest BCUT2D eigenvalue weighted by Crippen LogP contribution is -2.37. The Labute approximate surface area is 260 Å². The van der Waals surface area contributed by atoms with Crippen molar-refractivity contribution in [3.05, 3.63) is 151 Å². The molecule has 4 atom stereocenters. The van der Waals surface area contributed by atoms with E-state index in [-0.39, 0.29) is 23.7 Å². The van der Waals surface area contributed by atoms with E-state index in [2.05, 4.69) is 138 Å². The molecule has 0 spiro atoms. The quantitative estimate of drug-likeness (QED) is 0.208. The van der Waals surface area contributed by atoms with Gasteiger partial charge in [0.15, 0.2) is 0 Å². The zero-order chi connectivity index (χ0) is 29.7. The van der Waals surface area contributed by atoms with Crippen LogP contribution >= 0.6 is 0 Å². The lowest BCUT2D eigenvalue weighted by atomic mass is 9.74. The Kier molecular flexibility index (Phi) is 5.07. The third-order valence-electron chi connectivity index (χ3n) is 10.6. The number of hydrogen-bond acceptors (Lipinski definition) is 3. The van der Waals surface area contributed by atoms with E-state index in [0.29, 0.717) is 0 Å². The van der Waals surface area contributed by atoms with Crippen molar-refractivity contribution in [1.82, 2.24) is 14.4 Å². The van der Waals surface area contributed by atoms with Gasteiger partial charge in [-0.1, -0.05) is 109 Å². The molecule has 4 unspecified atom stereocenters. The van der Waals surface area contributed by atoms with Gasteiger partial charge in [-0.15, -0.1) is 0 Å². The van der Waals surface area contributed by atoms with Gasteiger partial charge >= 0.3 is 0 Å². The minimum absolute atomic E-state index is 0.0463. The highest BCUT2D eigenvalue weighted by molar-refractivity contribution is 6.17. The summed E-state index contributed by atoms with van der Waals surface area (Å²) in [6.45, 7) is 0. The van der Waals surface area contributed by atoms with Crippen LogP contribution in [-0.4, -0.2) is 19.5 Å². The van der Waals surface area contributed by atoms with E-state index in [4.69, 9.17) is 9.97 Å². The topological polar surface area (TPSA) is 50.4 Å². The first-order valence-corrected chi connectivity index (χ1v) is 15.7. The Morgan fingerprint density at radius 2 is 1.38 bits per heavy atom. The van der Waals surface area contributed by atoms with E-state index in [9.17, 15) is 5.11 Å². The smallest absolute Gasteiger partial charge is 0.147 e. The number of allylic oxidation sites excluding steroid dienone is 6. The highest BCUT2D eigenvalue weighted by Gasteiger charge is 2.58. The van der Waals surface area contributed by atoms with Crippen LogP contribution in [0.15, 0.2) is 146 Å². The molecule has 7 aromatic rings. The van der Waals surface area contributed by atoms with E-state index < -0.39 is 5.60 Å². The minimum atomic E-state index is -1.10. The second-order valence-electron chi connectivity index (χ2n) is 12.7. The van der Waals surface area contributed by atoms with Crippen molar-refractivity contribution in [1.29, 1.82) is 0 Å². The number of imidazole rings is 1. The van der Waals surface area contributed by atoms with Gasteiger partial charge in [0.1, 0.15) is 11.2 Å². The molecule has 0 amide bonds. The molecule has 1 fully saturated rings. The van der Waals surface area contributed by atoms with Crippen molar-refractivity contribution in [2.45, 2.75) is 5.60 Å². The van der Waals surface area contributed by atoms with Gasteiger partial charge in [0.2, 0.25) is 0 Å². The van der Waals surface area contributed by atoms with Gasteiger partial charge in [-0.05, 0) is 64.1 Å². The molecule has 3 aromatic heterocycles. The van der Waals surface area contributed by atoms with Gasteiger partial charge in [0, 0.05) is 34.4 Å². The third-order valence-corrected chi connectivity index (χ3v) is 10.6. The molecule has 4 heteroatoms. The monoisotopic (exact) mass is 579 g/mol. The maximum atomic E-state index is 13.0. The lowest BCUT2D eigenvalue weighted by Gasteiger charge is -2.35. The van der Waals surface area contributed by atoms with Crippen LogP contribution in [0.2, 0.25) is 0 Å². The molecule has 1 saturated carbocycles. The standard InChI is InChI=1S/C41H29N3O/c45-41(32-16-5-3-12-29(32)30-13-4-6-17-33(30)41)34-18-8-20-36-39(34)43-40-31-15-9-23-42-38(31)37-28(14-7-19-35(37)44(36)40)27-22-21-25-10-1-2-11-26(25)24-27/h1-24,29-30,32-33,45H. The van der Waals surface area contributed by atoms with Gasteiger partial charge in [-0.25, -0.2) is 4.98 Å². The van der Waals surface area contributed by atoms with Crippen LogP contribution in [0.5, 0.6) is 0 Å². The van der Waals surface area contributed by atoms with Crippen LogP contribution in [0.1, 0.15) is 5.56 Å². The van der Waals surface area contributed by atoms with Crippen LogP contribution in [0.4, 0.5) is 0 Å². The number of rotatable bonds is 2. The summed E-state index contributed by atoms with van der Waals surface area (Å²) in [4.78, 5) is 10.3. The number of pyridine rings is 2. The fourth-order valence-corrected chi connectivity index (χ4v) is 8.65. The Morgan fingerprint density at radius 1 is 0.644 bits per heavy atom. The molecule has 4 nitrogen and oxygen atoms in total. The molecule has 0 bridgehead atoms. The molecular weight excluding hydrogens is 550 g/mol. The highest BCUT2D eigenvalue weighted by Crippen LogP contribution is 2.59. The number of benzene rings is 4. The summed E-state index contributed by atoms with van der Waals surface area (Å²) in [5.74, 6) is 0.368. The first-order valence-electron chi connectivity index (χ1n) is 15.7. The van der Waals surface area contributed by atoms with Gasteiger partial charge in [0.05, 0.1) is 22.1 Å². The molecule has 4 aromatic carbocycles. The summed E-state index contributed by atoms with van der Waals surface area (Å²) < 4.78 is 2.28. The summed E-state index contributed by atoms with van der Waals surface area (Å²) in [6.07, 6.45) is 19.2. The molecule has 0 radical (unpaired) electrons. The Hall–Kier alpha value is -5.32. The zero-order valence-electron chi connectivity index (χ0n) is 24.5. The first kappa shape index (κ1) is 25.1. The van der Waals surface area contributed by atoms with E-state index >= 15 is 0 Å². The number of hydrogen-bond donors (Lipinski definition) is 1. The maximum Gasteiger partial charge on any atom is 0.147 e. The van der Waals surface area contributed by atoms with Crippen LogP contribution in [0.3, 0.4) is 0 Å². The predicted octanol–water partition coefficient (Wildman–Crippen LogP) is 8.93. The largest absolute Gasteiger partial charge is 0.384 e. The molecule has 10 rings (SSSR count). The fourth-order valence-electron chi connectivity index (χ4n) is 8.65. The van der Waals surface area contributed by atoms with E-state index in [1.807, 2.05) is 12.3 Å². The SMILES string of the molecule is OC1(c2cccc3c2nc2c4cccnc4c4c(-c5ccc6ccccc6c5)cccc4n32)C2C=CC=CC2C2C=CC=CC21. The zero-order valence-corrected chi connectivity index (χ0v) is 24.5. The molecule has 3 heterocycles. The Bertz CT molecular complexity index is 2460. The van der Waals surface area contributed by atoms with Crippen LogP contribution in [0, 0.1) is 23.7 Å². The molecular formula is C41H29N3O. The van der Waals surface area contributed by atoms with Crippen molar-refractivity contribution in [2.24, 2.45) is 23.7 Å². The average molecular weight is 580 g/mol. The van der Waals surface area contributed by atoms with E-state index in [0.717, 1.165) is 55.2 Å². The molecule has 3 aliphatic carbocycles. The maximum absolute atomic E-state index is 13.0. The molecule has 214 valence electrons. The molecule has 0 saturated heterocycles. The summed E-state index contributed by atoms with van der Waals surface area (Å²) in [5, 5.41) is 17.5. The van der Waals surface area contributed by atoms with Crippen molar-refractivity contribution >= 4 is 49.3 Å². The first-order chi connectivity index (χ1) is 22.2. The normalized spacial score (nSPS) is 25.2. The van der Waals surface area contributed by atoms with Crippen molar-refractivity contribution in [2.75, 3.05) is 0 Å². The summed E-state index contributed by atoms with van der Waals surface area (Å²) in [6, 6.07) is 32.1. The Morgan fingerprint density at radius 3 is 2.20 bits per heavy atom. The van der Waals surface area contributed by atoms with Gasteiger partial charge < -0.3 is 5.11 Å². The summed E-state index contributed by atoms with van der Waals surface area (Å²) in [7, 11) is 0. The molecule has 45 heavy (non-hydrogen) atoms. The Balaban J connectivity index is 1.30. The summed E-state index contributed by atoms with van der Waals surface area (Å²) >= 11 is 0. The minimum Gasteiger partial charge on any atom is -0.384 e.